The number of nitrogens with one attached hydrogen (secondary N) is 1. The molecule has 5 nitrogen and oxygen atoms in total. The zero-order valence-electron chi connectivity index (χ0n) is 13.8. The Bertz CT molecular complexity index is 696. The fourth-order valence-corrected chi connectivity index (χ4v) is 2.92. The first-order valence-electron chi connectivity index (χ1n) is 7.75. The fraction of sp³-hybridized carbons (Fsp3) is 0.333. The van der Waals surface area contributed by atoms with Gasteiger partial charge in [-0.05, 0) is 48.9 Å². The molecule has 1 amide bonds. The Hall–Kier alpha value is -2.34. The molecule has 0 spiro atoms. The van der Waals surface area contributed by atoms with Gasteiger partial charge in [0, 0.05) is 6.42 Å². The van der Waals surface area contributed by atoms with E-state index in [1.54, 1.807) is 11.4 Å². The number of esters is 1. The summed E-state index contributed by atoms with van der Waals surface area (Å²) >= 11 is 1.25. The van der Waals surface area contributed by atoms with Crippen LogP contribution in [0.25, 0.3) is 0 Å². The molecular formula is C18H21NO4S. The molecule has 0 saturated heterocycles. The van der Waals surface area contributed by atoms with Crippen molar-refractivity contribution in [2.45, 2.75) is 26.2 Å². The molecule has 6 heteroatoms. The molecule has 0 fully saturated rings. The van der Waals surface area contributed by atoms with Gasteiger partial charge in [-0.15, -0.1) is 11.3 Å². The van der Waals surface area contributed by atoms with Crippen LogP contribution in [-0.2, 0) is 9.53 Å². The Morgan fingerprint density at radius 2 is 2.04 bits per heavy atom. The Morgan fingerprint density at radius 1 is 1.21 bits per heavy atom. The molecule has 0 atom stereocenters. The number of aryl methyl sites for hydroxylation is 1. The normalized spacial score (nSPS) is 10.2. The smallest absolute Gasteiger partial charge is 0.350 e. The van der Waals surface area contributed by atoms with E-state index in [0.717, 1.165) is 24.2 Å². The van der Waals surface area contributed by atoms with E-state index in [2.05, 4.69) is 10.1 Å². The van der Waals surface area contributed by atoms with Crippen molar-refractivity contribution in [3.63, 3.8) is 0 Å². The van der Waals surface area contributed by atoms with Crippen molar-refractivity contribution >= 4 is 28.9 Å². The summed E-state index contributed by atoms with van der Waals surface area (Å²) in [5.74, 6) is 0.293. The lowest BCUT2D eigenvalue weighted by molar-refractivity contribution is -0.116. The van der Waals surface area contributed by atoms with Crippen molar-refractivity contribution in [2.24, 2.45) is 0 Å². The number of ether oxygens (including phenoxy) is 2. The number of carbonyl (C=O) groups is 2. The molecule has 2 rings (SSSR count). The predicted molar refractivity (Wildman–Crippen MR) is 94.8 cm³/mol. The van der Waals surface area contributed by atoms with Gasteiger partial charge in [0.05, 0.1) is 19.4 Å². The third kappa shape index (κ3) is 5.38. The Balaban J connectivity index is 1.68. The van der Waals surface area contributed by atoms with Crippen LogP contribution in [0.2, 0.25) is 0 Å². The maximum Gasteiger partial charge on any atom is 0.350 e. The maximum absolute atomic E-state index is 12.0. The standard InChI is InChI=1S/C18H21NO4S/c1-13-6-5-7-14(12-13)23-10-4-3-8-16(20)19-15-9-11-24-17(15)18(21)22-2/h5-7,9,11-12H,3-4,8,10H2,1-2H3,(H,19,20). The number of thiophene rings is 1. The van der Waals surface area contributed by atoms with Crippen LogP contribution in [0, 0.1) is 6.92 Å². The number of unbranched alkanes of at least 4 members (excludes halogenated alkanes) is 1. The zero-order valence-corrected chi connectivity index (χ0v) is 14.7. The highest BCUT2D eigenvalue weighted by molar-refractivity contribution is 7.12. The Labute approximate surface area is 145 Å². The minimum Gasteiger partial charge on any atom is -0.494 e. The van der Waals surface area contributed by atoms with Crippen molar-refractivity contribution in [1.82, 2.24) is 0 Å². The van der Waals surface area contributed by atoms with Gasteiger partial charge in [-0.1, -0.05) is 12.1 Å². The summed E-state index contributed by atoms with van der Waals surface area (Å²) in [6.45, 7) is 2.59. The lowest BCUT2D eigenvalue weighted by Gasteiger charge is -2.07. The fourth-order valence-electron chi connectivity index (χ4n) is 2.15. The number of hydrogen-bond acceptors (Lipinski definition) is 5. The molecule has 1 heterocycles. The molecule has 1 aromatic carbocycles. The van der Waals surface area contributed by atoms with E-state index in [0.29, 0.717) is 23.6 Å². The van der Waals surface area contributed by atoms with Crippen molar-refractivity contribution in [1.29, 1.82) is 0 Å². The number of amides is 1. The molecule has 0 saturated carbocycles. The first kappa shape index (κ1) is 18.0. The molecule has 0 aliphatic rings. The molecule has 0 aliphatic heterocycles. The molecule has 24 heavy (non-hydrogen) atoms. The molecule has 2 aromatic rings. The summed E-state index contributed by atoms with van der Waals surface area (Å²) in [4.78, 5) is 23.9. The van der Waals surface area contributed by atoms with Crippen LogP contribution in [0.1, 0.15) is 34.5 Å². The molecule has 1 N–H and O–H groups in total. The SMILES string of the molecule is COC(=O)c1sccc1NC(=O)CCCCOc1cccc(C)c1. The lowest BCUT2D eigenvalue weighted by Crippen LogP contribution is -2.13. The van der Waals surface area contributed by atoms with Gasteiger partial charge in [-0.2, -0.15) is 0 Å². The van der Waals surface area contributed by atoms with Gasteiger partial charge >= 0.3 is 5.97 Å². The Kier molecular flexibility index (Phi) is 6.81. The molecule has 1 aromatic heterocycles. The van der Waals surface area contributed by atoms with Crippen LogP contribution >= 0.6 is 11.3 Å². The van der Waals surface area contributed by atoms with E-state index in [-0.39, 0.29) is 5.91 Å². The van der Waals surface area contributed by atoms with Gasteiger partial charge in [0.2, 0.25) is 5.91 Å². The van der Waals surface area contributed by atoms with Crippen molar-refractivity contribution in [3.8, 4) is 5.75 Å². The lowest BCUT2D eigenvalue weighted by atomic mass is 10.2. The minimum absolute atomic E-state index is 0.117. The minimum atomic E-state index is -0.438. The highest BCUT2D eigenvalue weighted by Crippen LogP contribution is 2.23. The number of hydrogen-bond donors (Lipinski definition) is 1. The van der Waals surface area contributed by atoms with Crippen LogP contribution in [0.4, 0.5) is 5.69 Å². The van der Waals surface area contributed by atoms with Crippen LogP contribution in [0.5, 0.6) is 5.75 Å². The van der Waals surface area contributed by atoms with Crippen molar-refractivity contribution < 1.29 is 19.1 Å². The summed E-state index contributed by atoms with van der Waals surface area (Å²) in [6.07, 6.45) is 1.89. The quantitative estimate of drug-likeness (QED) is 0.578. The summed E-state index contributed by atoms with van der Waals surface area (Å²) in [6, 6.07) is 9.58. The average molecular weight is 347 g/mol. The van der Waals surface area contributed by atoms with E-state index in [4.69, 9.17) is 4.74 Å². The van der Waals surface area contributed by atoms with Crippen LogP contribution in [0.15, 0.2) is 35.7 Å². The molecule has 0 unspecified atom stereocenters. The maximum atomic E-state index is 12.0. The van der Waals surface area contributed by atoms with Gasteiger partial charge in [0.25, 0.3) is 0 Å². The van der Waals surface area contributed by atoms with E-state index >= 15 is 0 Å². The second-order valence-corrected chi connectivity index (χ2v) is 6.24. The first-order valence-corrected chi connectivity index (χ1v) is 8.63. The monoisotopic (exact) mass is 347 g/mol. The second-order valence-electron chi connectivity index (χ2n) is 5.33. The van der Waals surface area contributed by atoms with E-state index in [9.17, 15) is 9.59 Å². The van der Waals surface area contributed by atoms with Crippen LogP contribution < -0.4 is 10.1 Å². The van der Waals surface area contributed by atoms with Crippen LogP contribution in [-0.4, -0.2) is 25.6 Å². The molecule has 128 valence electrons. The average Bonchev–Trinajstić information content (AvgIpc) is 3.02. The molecule has 0 radical (unpaired) electrons. The Morgan fingerprint density at radius 3 is 2.79 bits per heavy atom. The number of carbonyl (C=O) groups excluding carboxylic acids is 2. The number of rotatable bonds is 8. The van der Waals surface area contributed by atoms with Gasteiger partial charge < -0.3 is 14.8 Å². The zero-order chi connectivity index (χ0) is 17.4. The molecule has 0 bridgehead atoms. The predicted octanol–water partition coefficient (Wildman–Crippen LogP) is 4.03. The van der Waals surface area contributed by atoms with Gasteiger partial charge in [0.1, 0.15) is 10.6 Å². The number of benzene rings is 1. The molecular weight excluding hydrogens is 326 g/mol. The van der Waals surface area contributed by atoms with Gasteiger partial charge in [-0.3, -0.25) is 4.79 Å². The van der Waals surface area contributed by atoms with Gasteiger partial charge in [0.15, 0.2) is 0 Å². The summed E-state index contributed by atoms with van der Waals surface area (Å²) in [5.41, 5.74) is 1.66. The highest BCUT2D eigenvalue weighted by atomic mass is 32.1. The number of methoxy groups -OCH3 is 1. The van der Waals surface area contributed by atoms with E-state index in [1.807, 2.05) is 31.2 Å². The second kappa shape index (κ2) is 9.08. The van der Waals surface area contributed by atoms with Gasteiger partial charge in [-0.25, -0.2) is 4.79 Å². The summed E-state index contributed by atoms with van der Waals surface area (Å²) in [5, 5.41) is 4.50. The highest BCUT2D eigenvalue weighted by Gasteiger charge is 2.15. The van der Waals surface area contributed by atoms with Crippen molar-refractivity contribution in [2.75, 3.05) is 19.0 Å². The third-order valence-electron chi connectivity index (χ3n) is 3.37. The third-order valence-corrected chi connectivity index (χ3v) is 4.26. The van der Waals surface area contributed by atoms with E-state index in [1.165, 1.54) is 18.4 Å². The summed E-state index contributed by atoms with van der Waals surface area (Å²) < 4.78 is 10.3. The number of anilines is 1. The topological polar surface area (TPSA) is 64.6 Å². The van der Waals surface area contributed by atoms with Crippen LogP contribution in [0.3, 0.4) is 0 Å². The largest absolute Gasteiger partial charge is 0.494 e. The summed E-state index contributed by atoms with van der Waals surface area (Å²) in [7, 11) is 1.32. The first-order chi connectivity index (χ1) is 11.6. The van der Waals surface area contributed by atoms with Crippen molar-refractivity contribution in [3.05, 3.63) is 46.2 Å². The van der Waals surface area contributed by atoms with E-state index < -0.39 is 5.97 Å². The molecule has 0 aliphatic carbocycles.